The molecule has 0 radical (unpaired) electrons. The number of benzene rings is 1. The van der Waals surface area contributed by atoms with Crippen molar-refractivity contribution in [3.05, 3.63) is 35.4 Å². The van der Waals surface area contributed by atoms with Crippen LogP contribution in [-0.2, 0) is 0 Å². The molecule has 2 rings (SSSR count). The summed E-state index contributed by atoms with van der Waals surface area (Å²) < 4.78 is 26.5. The Morgan fingerprint density at radius 1 is 1.11 bits per heavy atom. The quantitative estimate of drug-likeness (QED) is 0.898. The summed E-state index contributed by atoms with van der Waals surface area (Å²) in [5.41, 5.74) is 6.44. The standard InChI is InChI=1S/C14H20F2N2/c1-14(2,18-5-3-4-6-18)13(17)10-7-11(15)9-12(16)8-10/h7-9,13H,3-6,17H2,1-2H3. The average molecular weight is 254 g/mol. The first-order chi connectivity index (χ1) is 8.41. The molecule has 0 spiro atoms. The summed E-state index contributed by atoms with van der Waals surface area (Å²) in [6, 6.07) is 3.12. The molecule has 1 fully saturated rings. The summed E-state index contributed by atoms with van der Waals surface area (Å²) in [5, 5.41) is 0. The molecule has 1 aliphatic heterocycles. The van der Waals surface area contributed by atoms with Gasteiger partial charge in [0.1, 0.15) is 11.6 Å². The Labute approximate surface area is 107 Å². The van der Waals surface area contributed by atoms with Crippen molar-refractivity contribution in [2.45, 2.75) is 38.3 Å². The number of hydrogen-bond acceptors (Lipinski definition) is 2. The molecular weight excluding hydrogens is 234 g/mol. The Balaban J connectivity index is 2.25. The van der Waals surface area contributed by atoms with Crippen LogP contribution in [0.5, 0.6) is 0 Å². The molecule has 0 bridgehead atoms. The molecule has 1 unspecified atom stereocenters. The zero-order valence-corrected chi connectivity index (χ0v) is 10.9. The highest BCUT2D eigenvalue weighted by Crippen LogP contribution is 2.32. The first-order valence-corrected chi connectivity index (χ1v) is 6.38. The van der Waals surface area contributed by atoms with Gasteiger partial charge >= 0.3 is 0 Å². The molecule has 2 nitrogen and oxygen atoms in total. The lowest BCUT2D eigenvalue weighted by molar-refractivity contribution is 0.124. The van der Waals surface area contributed by atoms with Gasteiger partial charge in [-0.3, -0.25) is 4.90 Å². The van der Waals surface area contributed by atoms with Gasteiger partial charge in [0.15, 0.2) is 0 Å². The smallest absolute Gasteiger partial charge is 0.126 e. The van der Waals surface area contributed by atoms with Crippen molar-refractivity contribution in [3.8, 4) is 0 Å². The minimum atomic E-state index is -0.572. The summed E-state index contributed by atoms with van der Waals surface area (Å²) >= 11 is 0. The van der Waals surface area contributed by atoms with E-state index in [1.807, 2.05) is 13.8 Å². The fourth-order valence-electron chi connectivity index (χ4n) is 2.65. The number of likely N-dealkylation sites (tertiary alicyclic amines) is 1. The van der Waals surface area contributed by atoms with Crippen molar-refractivity contribution in [1.82, 2.24) is 4.90 Å². The van der Waals surface area contributed by atoms with E-state index in [1.54, 1.807) is 0 Å². The van der Waals surface area contributed by atoms with Crippen molar-refractivity contribution in [3.63, 3.8) is 0 Å². The van der Waals surface area contributed by atoms with Gasteiger partial charge in [-0.2, -0.15) is 0 Å². The Kier molecular flexibility index (Phi) is 3.69. The second-order valence-corrected chi connectivity index (χ2v) is 5.53. The van der Waals surface area contributed by atoms with E-state index in [-0.39, 0.29) is 5.54 Å². The second kappa shape index (κ2) is 4.94. The third kappa shape index (κ3) is 2.54. The highest BCUT2D eigenvalue weighted by molar-refractivity contribution is 5.24. The predicted octanol–water partition coefficient (Wildman–Crippen LogP) is 2.84. The Bertz CT molecular complexity index is 406. The van der Waals surface area contributed by atoms with E-state index in [1.165, 1.54) is 12.1 Å². The van der Waals surface area contributed by atoms with E-state index < -0.39 is 17.7 Å². The molecule has 1 aliphatic rings. The van der Waals surface area contributed by atoms with Gasteiger partial charge in [0.2, 0.25) is 0 Å². The third-order valence-corrected chi connectivity index (χ3v) is 3.93. The molecular formula is C14H20F2N2. The van der Waals surface area contributed by atoms with Crippen molar-refractivity contribution < 1.29 is 8.78 Å². The molecule has 0 aliphatic carbocycles. The molecule has 1 heterocycles. The third-order valence-electron chi connectivity index (χ3n) is 3.93. The average Bonchev–Trinajstić information content (AvgIpc) is 2.80. The zero-order chi connectivity index (χ0) is 13.3. The van der Waals surface area contributed by atoms with E-state index in [0.717, 1.165) is 32.0 Å². The fourth-order valence-corrected chi connectivity index (χ4v) is 2.65. The maximum absolute atomic E-state index is 13.2. The number of halogens is 2. The molecule has 1 atom stereocenters. The normalized spacial score (nSPS) is 19.2. The zero-order valence-electron chi connectivity index (χ0n) is 10.9. The second-order valence-electron chi connectivity index (χ2n) is 5.53. The molecule has 0 aromatic heterocycles. The van der Waals surface area contributed by atoms with Crippen LogP contribution in [0.25, 0.3) is 0 Å². The molecule has 0 amide bonds. The predicted molar refractivity (Wildman–Crippen MR) is 68.2 cm³/mol. The van der Waals surface area contributed by atoms with E-state index in [9.17, 15) is 8.78 Å². The van der Waals surface area contributed by atoms with Gasteiger partial charge in [0.05, 0.1) is 0 Å². The Hall–Kier alpha value is -1.00. The molecule has 18 heavy (non-hydrogen) atoms. The molecule has 1 saturated heterocycles. The molecule has 1 aromatic carbocycles. The van der Waals surface area contributed by atoms with Crippen LogP contribution in [0.3, 0.4) is 0 Å². The summed E-state index contributed by atoms with van der Waals surface area (Å²) in [7, 11) is 0. The van der Waals surface area contributed by atoms with Crippen molar-refractivity contribution >= 4 is 0 Å². The monoisotopic (exact) mass is 254 g/mol. The van der Waals surface area contributed by atoms with Crippen LogP contribution in [0, 0.1) is 11.6 Å². The van der Waals surface area contributed by atoms with Gasteiger partial charge in [-0.05, 0) is 57.5 Å². The first kappa shape index (κ1) is 13.4. The van der Waals surface area contributed by atoms with Crippen LogP contribution in [0.1, 0.15) is 38.3 Å². The van der Waals surface area contributed by atoms with E-state index >= 15 is 0 Å². The van der Waals surface area contributed by atoms with E-state index in [2.05, 4.69) is 4.90 Å². The number of nitrogens with zero attached hydrogens (tertiary/aromatic N) is 1. The number of hydrogen-bond donors (Lipinski definition) is 1. The van der Waals surface area contributed by atoms with Crippen LogP contribution >= 0.6 is 0 Å². The molecule has 1 aromatic rings. The van der Waals surface area contributed by atoms with Gasteiger partial charge in [0.25, 0.3) is 0 Å². The minimum absolute atomic E-state index is 0.295. The Morgan fingerprint density at radius 3 is 2.11 bits per heavy atom. The lowest BCUT2D eigenvalue weighted by Crippen LogP contribution is -2.49. The topological polar surface area (TPSA) is 29.3 Å². The van der Waals surface area contributed by atoms with Crippen molar-refractivity contribution in [2.75, 3.05) is 13.1 Å². The maximum atomic E-state index is 13.2. The largest absolute Gasteiger partial charge is 0.322 e. The summed E-state index contributed by atoms with van der Waals surface area (Å²) in [6.07, 6.45) is 2.32. The maximum Gasteiger partial charge on any atom is 0.126 e. The van der Waals surface area contributed by atoms with Crippen LogP contribution < -0.4 is 5.73 Å². The van der Waals surface area contributed by atoms with E-state index in [4.69, 9.17) is 5.73 Å². The number of rotatable bonds is 3. The van der Waals surface area contributed by atoms with Crippen LogP contribution in [0.4, 0.5) is 8.78 Å². The summed E-state index contributed by atoms with van der Waals surface area (Å²) in [5.74, 6) is -1.14. The highest BCUT2D eigenvalue weighted by Gasteiger charge is 2.35. The van der Waals surface area contributed by atoms with Gasteiger partial charge in [0, 0.05) is 17.6 Å². The minimum Gasteiger partial charge on any atom is -0.322 e. The molecule has 100 valence electrons. The Morgan fingerprint density at radius 2 is 1.61 bits per heavy atom. The van der Waals surface area contributed by atoms with Crippen LogP contribution in [0.15, 0.2) is 18.2 Å². The summed E-state index contributed by atoms with van der Waals surface area (Å²) in [4.78, 5) is 2.29. The SMILES string of the molecule is CC(C)(C(N)c1cc(F)cc(F)c1)N1CCCC1. The van der Waals surface area contributed by atoms with E-state index in [0.29, 0.717) is 5.56 Å². The first-order valence-electron chi connectivity index (χ1n) is 6.38. The van der Waals surface area contributed by atoms with Gasteiger partial charge in [-0.1, -0.05) is 0 Å². The van der Waals surface area contributed by atoms with Gasteiger partial charge in [-0.25, -0.2) is 8.78 Å². The lowest BCUT2D eigenvalue weighted by Gasteiger charge is -2.40. The van der Waals surface area contributed by atoms with Crippen LogP contribution in [0.2, 0.25) is 0 Å². The van der Waals surface area contributed by atoms with Gasteiger partial charge < -0.3 is 5.73 Å². The molecule has 4 heteroatoms. The lowest BCUT2D eigenvalue weighted by atomic mass is 9.87. The molecule has 2 N–H and O–H groups in total. The van der Waals surface area contributed by atoms with Crippen molar-refractivity contribution in [2.24, 2.45) is 5.73 Å². The fraction of sp³-hybridized carbons (Fsp3) is 0.571. The number of nitrogens with two attached hydrogens (primary N) is 1. The molecule has 0 saturated carbocycles. The summed E-state index contributed by atoms with van der Waals surface area (Å²) in [6.45, 7) is 6.06. The highest BCUT2D eigenvalue weighted by atomic mass is 19.1. The van der Waals surface area contributed by atoms with Crippen molar-refractivity contribution in [1.29, 1.82) is 0 Å². The van der Waals surface area contributed by atoms with Crippen LogP contribution in [-0.4, -0.2) is 23.5 Å². The van der Waals surface area contributed by atoms with Gasteiger partial charge in [-0.15, -0.1) is 0 Å².